The summed E-state index contributed by atoms with van der Waals surface area (Å²) in [6, 6.07) is 7.03. The van der Waals surface area contributed by atoms with Gasteiger partial charge in [-0.1, -0.05) is 6.07 Å². The molecule has 0 N–H and O–H groups in total. The highest BCUT2D eigenvalue weighted by atomic mass is 19.1. The van der Waals surface area contributed by atoms with Crippen LogP contribution in [0.2, 0.25) is 0 Å². The third kappa shape index (κ3) is 2.27. The van der Waals surface area contributed by atoms with Gasteiger partial charge in [0.2, 0.25) is 0 Å². The lowest BCUT2D eigenvalue weighted by Gasteiger charge is -2.32. The average Bonchev–Trinajstić information content (AvgIpc) is 3.13. The van der Waals surface area contributed by atoms with Crippen molar-refractivity contribution in [3.05, 3.63) is 29.6 Å². The number of halogens is 1. The maximum Gasteiger partial charge on any atom is 0.494 e. The van der Waals surface area contributed by atoms with E-state index >= 15 is 0 Å². The predicted molar refractivity (Wildman–Crippen MR) is 78.6 cm³/mol. The Bertz CT molecular complexity index is 616. The van der Waals surface area contributed by atoms with Crippen LogP contribution in [-0.4, -0.2) is 18.3 Å². The topological polar surface area (TPSA) is 42.2 Å². The van der Waals surface area contributed by atoms with Crippen molar-refractivity contribution in [2.75, 3.05) is 0 Å². The Morgan fingerprint density at radius 3 is 2.14 bits per heavy atom. The molecule has 21 heavy (non-hydrogen) atoms. The van der Waals surface area contributed by atoms with Crippen LogP contribution in [0.1, 0.15) is 46.1 Å². The summed E-state index contributed by atoms with van der Waals surface area (Å²) in [6.45, 7) is 7.85. The molecule has 2 fully saturated rings. The molecule has 0 radical (unpaired) electrons. The van der Waals surface area contributed by atoms with E-state index < -0.39 is 23.7 Å². The smallest absolute Gasteiger partial charge is 0.399 e. The Labute approximate surface area is 125 Å². The van der Waals surface area contributed by atoms with Gasteiger partial charge in [-0.15, -0.1) is 0 Å². The Morgan fingerprint density at radius 1 is 1.10 bits per heavy atom. The molecule has 1 saturated heterocycles. The molecule has 3 rings (SSSR count). The maximum atomic E-state index is 13.9. The molecule has 0 spiro atoms. The number of hydrogen-bond acceptors (Lipinski definition) is 3. The Hall–Kier alpha value is -1.38. The highest BCUT2D eigenvalue weighted by Gasteiger charge is 2.52. The van der Waals surface area contributed by atoms with E-state index in [4.69, 9.17) is 9.31 Å². The third-order valence-corrected chi connectivity index (χ3v) is 4.96. The van der Waals surface area contributed by atoms with Gasteiger partial charge in [-0.2, -0.15) is 5.26 Å². The molecule has 0 amide bonds. The minimum Gasteiger partial charge on any atom is -0.399 e. The van der Waals surface area contributed by atoms with Crippen LogP contribution in [0.3, 0.4) is 0 Å². The zero-order chi connectivity index (χ0) is 15.5. The molecule has 1 aliphatic carbocycles. The molecular formula is C16H19BFNO2. The summed E-state index contributed by atoms with van der Waals surface area (Å²) in [5.41, 5.74) is -0.0618. The monoisotopic (exact) mass is 287 g/mol. The lowest BCUT2D eigenvalue weighted by Crippen LogP contribution is -2.41. The Morgan fingerprint density at radius 2 is 1.67 bits per heavy atom. The van der Waals surface area contributed by atoms with Crippen LogP contribution >= 0.6 is 0 Å². The molecule has 0 bridgehead atoms. The van der Waals surface area contributed by atoms with Crippen LogP contribution in [0.25, 0.3) is 0 Å². The van der Waals surface area contributed by atoms with Gasteiger partial charge in [0.15, 0.2) is 0 Å². The molecule has 1 aromatic rings. The van der Waals surface area contributed by atoms with Crippen molar-refractivity contribution < 1.29 is 13.7 Å². The number of rotatable bonds is 2. The summed E-state index contributed by atoms with van der Waals surface area (Å²) in [6.07, 6.45) is 1.57. The minimum absolute atomic E-state index is 0.348. The van der Waals surface area contributed by atoms with E-state index in [1.807, 2.05) is 33.8 Å². The summed E-state index contributed by atoms with van der Waals surface area (Å²) >= 11 is 0. The van der Waals surface area contributed by atoms with Gasteiger partial charge in [0, 0.05) is 0 Å². The fourth-order valence-electron chi connectivity index (χ4n) is 2.59. The molecule has 110 valence electrons. The van der Waals surface area contributed by atoms with E-state index in [1.165, 1.54) is 12.1 Å². The van der Waals surface area contributed by atoms with Crippen molar-refractivity contribution in [3.8, 4) is 6.07 Å². The molecule has 1 saturated carbocycles. The van der Waals surface area contributed by atoms with Crippen molar-refractivity contribution in [1.29, 1.82) is 5.26 Å². The van der Waals surface area contributed by atoms with Gasteiger partial charge < -0.3 is 9.31 Å². The number of nitrogens with zero attached hydrogens (tertiary/aromatic N) is 1. The molecule has 1 aliphatic heterocycles. The van der Waals surface area contributed by atoms with Crippen LogP contribution in [-0.2, 0) is 14.7 Å². The van der Waals surface area contributed by atoms with Crippen LogP contribution in [0.5, 0.6) is 0 Å². The molecule has 2 aliphatic rings. The number of nitriles is 1. The van der Waals surface area contributed by atoms with Gasteiger partial charge in [0.1, 0.15) is 5.82 Å². The third-order valence-electron chi connectivity index (χ3n) is 4.96. The molecule has 1 aromatic carbocycles. The van der Waals surface area contributed by atoms with E-state index in [9.17, 15) is 9.65 Å². The van der Waals surface area contributed by atoms with Crippen molar-refractivity contribution in [2.24, 2.45) is 0 Å². The second-order valence-corrected chi connectivity index (χ2v) is 7.06. The van der Waals surface area contributed by atoms with E-state index in [0.717, 1.165) is 18.4 Å². The molecule has 0 atom stereocenters. The van der Waals surface area contributed by atoms with Gasteiger partial charge in [-0.25, -0.2) is 4.39 Å². The molecule has 0 unspecified atom stereocenters. The van der Waals surface area contributed by atoms with Gasteiger partial charge in [0.25, 0.3) is 0 Å². The first kappa shape index (κ1) is 14.6. The second kappa shape index (κ2) is 4.31. The summed E-state index contributed by atoms with van der Waals surface area (Å²) in [5.74, 6) is -0.348. The van der Waals surface area contributed by atoms with Gasteiger partial charge in [-0.3, -0.25) is 0 Å². The summed E-state index contributed by atoms with van der Waals surface area (Å²) < 4.78 is 25.9. The minimum atomic E-state index is -0.598. The summed E-state index contributed by atoms with van der Waals surface area (Å²) in [5, 5.41) is 9.29. The normalized spacial score (nSPS) is 24.7. The highest BCUT2D eigenvalue weighted by molar-refractivity contribution is 6.62. The fourth-order valence-corrected chi connectivity index (χ4v) is 2.59. The number of hydrogen-bond donors (Lipinski definition) is 0. The first-order valence-corrected chi connectivity index (χ1v) is 7.27. The predicted octanol–water partition coefficient (Wildman–Crippen LogP) is 2.68. The van der Waals surface area contributed by atoms with Crippen LogP contribution in [0.15, 0.2) is 18.2 Å². The largest absolute Gasteiger partial charge is 0.494 e. The lowest BCUT2D eigenvalue weighted by atomic mass is 9.77. The quantitative estimate of drug-likeness (QED) is 0.785. The average molecular weight is 287 g/mol. The molecule has 0 aromatic heterocycles. The maximum absolute atomic E-state index is 13.9. The first-order chi connectivity index (χ1) is 9.69. The van der Waals surface area contributed by atoms with Crippen LogP contribution in [0.4, 0.5) is 4.39 Å². The van der Waals surface area contributed by atoms with Crippen molar-refractivity contribution in [1.82, 2.24) is 0 Å². The first-order valence-electron chi connectivity index (χ1n) is 7.27. The molecule has 5 heteroatoms. The van der Waals surface area contributed by atoms with Gasteiger partial charge >= 0.3 is 7.12 Å². The van der Waals surface area contributed by atoms with E-state index in [0.29, 0.717) is 5.46 Å². The van der Waals surface area contributed by atoms with E-state index in [2.05, 4.69) is 6.07 Å². The van der Waals surface area contributed by atoms with Crippen molar-refractivity contribution >= 4 is 12.6 Å². The lowest BCUT2D eigenvalue weighted by molar-refractivity contribution is 0.00578. The van der Waals surface area contributed by atoms with Crippen molar-refractivity contribution in [2.45, 2.75) is 57.2 Å². The van der Waals surface area contributed by atoms with E-state index in [1.54, 1.807) is 0 Å². The number of benzene rings is 1. The second-order valence-electron chi connectivity index (χ2n) is 7.06. The summed E-state index contributed by atoms with van der Waals surface area (Å²) in [7, 11) is -0.598. The Kier molecular flexibility index (Phi) is 2.99. The van der Waals surface area contributed by atoms with Crippen LogP contribution < -0.4 is 5.46 Å². The van der Waals surface area contributed by atoms with E-state index in [-0.39, 0.29) is 5.82 Å². The zero-order valence-electron chi connectivity index (χ0n) is 12.9. The molecular weight excluding hydrogens is 268 g/mol. The SMILES string of the molecule is CC1(C)OB(c2cc(F)cc(C3(C#N)CC3)c2)OC1(C)C. The van der Waals surface area contributed by atoms with Crippen molar-refractivity contribution in [3.63, 3.8) is 0 Å². The highest BCUT2D eigenvalue weighted by Crippen LogP contribution is 2.47. The zero-order valence-corrected chi connectivity index (χ0v) is 12.9. The molecule has 1 heterocycles. The Balaban J connectivity index is 1.96. The molecule has 3 nitrogen and oxygen atoms in total. The fraction of sp³-hybridized carbons (Fsp3) is 0.562. The summed E-state index contributed by atoms with van der Waals surface area (Å²) in [4.78, 5) is 0. The van der Waals surface area contributed by atoms with Crippen LogP contribution in [0, 0.1) is 17.1 Å². The van der Waals surface area contributed by atoms with Gasteiger partial charge in [0.05, 0.1) is 22.7 Å². The standard InChI is InChI=1S/C16H19BFNO2/c1-14(2)15(3,4)21-17(20-14)12-7-11(8-13(18)9-12)16(10-19)5-6-16/h7-9H,5-6H2,1-4H3. The van der Waals surface area contributed by atoms with Gasteiger partial charge in [-0.05, 0) is 63.7 Å².